The van der Waals surface area contributed by atoms with Crippen molar-refractivity contribution in [1.29, 1.82) is 0 Å². The Kier molecular flexibility index (Phi) is 4.53. The number of anilines is 1. The molecule has 0 aliphatic rings. The van der Waals surface area contributed by atoms with Crippen LogP contribution in [0.1, 0.15) is 15.9 Å². The van der Waals surface area contributed by atoms with Crippen LogP contribution < -0.4 is 5.32 Å². The van der Waals surface area contributed by atoms with E-state index in [1.165, 1.54) is 11.3 Å². The fourth-order valence-corrected chi connectivity index (χ4v) is 3.95. The molecule has 0 radical (unpaired) electrons. The molecule has 4 rings (SSSR count). The Morgan fingerprint density at radius 2 is 1.96 bits per heavy atom. The van der Waals surface area contributed by atoms with Crippen LogP contribution in [0.3, 0.4) is 0 Å². The van der Waals surface area contributed by atoms with Gasteiger partial charge in [-0.2, -0.15) is 0 Å². The van der Waals surface area contributed by atoms with E-state index in [0.717, 1.165) is 32.2 Å². The zero-order valence-corrected chi connectivity index (χ0v) is 16.3. The number of thiazole rings is 1. The number of pyridine rings is 1. The number of nitrogens with one attached hydrogen (secondary N) is 1. The van der Waals surface area contributed by atoms with Gasteiger partial charge in [-0.05, 0) is 30.7 Å². The minimum atomic E-state index is -0.193. The predicted molar refractivity (Wildman–Crippen MR) is 110 cm³/mol. The molecule has 26 heavy (non-hydrogen) atoms. The summed E-state index contributed by atoms with van der Waals surface area (Å²) in [5.41, 5.74) is 4.15. The average Bonchev–Trinajstić information content (AvgIpc) is 3.14. The van der Waals surface area contributed by atoms with Gasteiger partial charge in [0.15, 0.2) is 5.13 Å². The minimum absolute atomic E-state index is 0.193. The first-order valence-electron chi connectivity index (χ1n) is 7.99. The topological polar surface area (TPSA) is 54.9 Å². The zero-order chi connectivity index (χ0) is 18.1. The maximum atomic E-state index is 12.9. The molecule has 0 bridgehead atoms. The van der Waals surface area contributed by atoms with E-state index in [-0.39, 0.29) is 5.91 Å². The smallest absolute Gasteiger partial charge is 0.258 e. The van der Waals surface area contributed by atoms with Gasteiger partial charge >= 0.3 is 0 Å². The van der Waals surface area contributed by atoms with Crippen molar-refractivity contribution in [2.24, 2.45) is 0 Å². The molecule has 0 saturated carbocycles. The number of halogens is 1. The number of nitrogens with zero attached hydrogens (tertiary/aromatic N) is 2. The Balaban J connectivity index is 1.92. The number of fused-ring (bicyclic) bond motifs is 1. The summed E-state index contributed by atoms with van der Waals surface area (Å²) >= 11 is 4.91. The predicted octanol–water partition coefficient (Wildman–Crippen LogP) is 5.68. The van der Waals surface area contributed by atoms with E-state index >= 15 is 0 Å². The SMILES string of the molecule is Cc1cc(Br)cc2c(C(=O)Nc3nccs3)cc(-c3ccccc3)nc12. The molecule has 0 saturated heterocycles. The number of aromatic nitrogens is 2. The van der Waals surface area contributed by atoms with Gasteiger partial charge in [0, 0.05) is 27.0 Å². The molecule has 4 aromatic rings. The monoisotopic (exact) mass is 423 g/mol. The number of aryl methyl sites for hydroxylation is 1. The highest BCUT2D eigenvalue weighted by Gasteiger charge is 2.16. The Morgan fingerprint density at radius 1 is 1.15 bits per heavy atom. The third-order valence-corrected chi connectivity index (χ3v) is 5.18. The second-order valence-electron chi connectivity index (χ2n) is 5.83. The highest BCUT2D eigenvalue weighted by Crippen LogP contribution is 2.30. The first-order chi connectivity index (χ1) is 12.6. The summed E-state index contributed by atoms with van der Waals surface area (Å²) in [6.07, 6.45) is 1.67. The molecule has 1 amide bonds. The van der Waals surface area contributed by atoms with Gasteiger partial charge in [-0.15, -0.1) is 11.3 Å². The van der Waals surface area contributed by atoms with Crippen molar-refractivity contribution < 1.29 is 4.79 Å². The number of carbonyl (C=O) groups is 1. The molecule has 4 nitrogen and oxygen atoms in total. The van der Waals surface area contributed by atoms with E-state index in [1.807, 2.05) is 60.8 Å². The lowest BCUT2D eigenvalue weighted by atomic mass is 10.0. The van der Waals surface area contributed by atoms with Crippen LogP contribution in [0, 0.1) is 6.92 Å². The standard InChI is InChI=1S/C20H14BrN3OS/c1-12-9-14(21)10-15-16(19(25)24-20-22-7-8-26-20)11-17(23-18(12)15)13-5-3-2-4-6-13/h2-11H,1H3,(H,22,24,25). The maximum absolute atomic E-state index is 12.9. The number of rotatable bonds is 3. The van der Waals surface area contributed by atoms with Crippen molar-refractivity contribution in [2.75, 3.05) is 5.32 Å². The van der Waals surface area contributed by atoms with Gasteiger partial charge in [-0.25, -0.2) is 9.97 Å². The molecule has 0 spiro atoms. The lowest BCUT2D eigenvalue weighted by Gasteiger charge is -2.12. The molecule has 6 heteroatoms. The summed E-state index contributed by atoms with van der Waals surface area (Å²) < 4.78 is 0.917. The third-order valence-electron chi connectivity index (χ3n) is 4.04. The van der Waals surface area contributed by atoms with Gasteiger partial charge in [0.05, 0.1) is 16.8 Å². The van der Waals surface area contributed by atoms with Crippen molar-refractivity contribution in [3.63, 3.8) is 0 Å². The van der Waals surface area contributed by atoms with Crippen LogP contribution in [0.15, 0.2) is 64.6 Å². The van der Waals surface area contributed by atoms with E-state index in [9.17, 15) is 4.79 Å². The lowest BCUT2D eigenvalue weighted by molar-refractivity contribution is 0.102. The molecule has 0 aliphatic carbocycles. The summed E-state index contributed by atoms with van der Waals surface area (Å²) in [7, 11) is 0. The molecule has 128 valence electrons. The highest BCUT2D eigenvalue weighted by molar-refractivity contribution is 9.10. The third kappa shape index (κ3) is 3.25. The van der Waals surface area contributed by atoms with E-state index in [2.05, 4.69) is 26.2 Å². The molecule has 0 fully saturated rings. The number of amides is 1. The summed E-state index contributed by atoms with van der Waals surface area (Å²) in [4.78, 5) is 21.9. The van der Waals surface area contributed by atoms with Crippen LogP contribution in [0.4, 0.5) is 5.13 Å². The molecule has 1 N–H and O–H groups in total. The van der Waals surface area contributed by atoms with Crippen LogP contribution in [0.2, 0.25) is 0 Å². The Bertz CT molecular complexity index is 1100. The van der Waals surface area contributed by atoms with Gasteiger partial charge in [0.1, 0.15) is 0 Å². The van der Waals surface area contributed by atoms with Gasteiger partial charge < -0.3 is 0 Å². The second-order valence-corrected chi connectivity index (χ2v) is 7.64. The first kappa shape index (κ1) is 16.9. The van der Waals surface area contributed by atoms with Crippen molar-refractivity contribution >= 4 is 49.2 Å². The molecule has 0 atom stereocenters. The van der Waals surface area contributed by atoms with E-state index in [0.29, 0.717) is 10.7 Å². The summed E-state index contributed by atoms with van der Waals surface area (Å²) in [6.45, 7) is 2.00. The van der Waals surface area contributed by atoms with Crippen LogP contribution in [0.5, 0.6) is 0 Å². The molecule has 0 unspecified atom stereocenters. The van der Waals surface area contributed by atoms with Crippen LogP contribution >= 0.6 is 27.3 Å². The maximum Gasteiger partial charge on any atom is 0.258 e. The fraction of sp³-hybridized carbons (Fsp3) is 0.0500. The molecular weight excluding hydrogens is 410 g/mol. The lowest BCUT2D eigenvalue weighted by Crippen LogP contribution is -2.13. The summed E-state index contributed by atoms with van der Waals surface area (Å²) in [5, 5.41) is 6.09. The molecule has 2 heterocycles. The summed E-state index contributed by atoms with van der Waals surface area (Å²) in [6, 6.07) is 15.6. The Morgan fingerprint density at radius 3 is 2.69 bits per heavy atom. The quantitative estimate of drug-likeness (QED) is 0.460. The van der Waals surface area contributed by atoms with Crippen molar-refractivity contribution in [2.45, 2.75) is 6.92 Å². The number of hydrogen-bond acceptors (Lipinski definition) is 4. The van der Waals surface area contributed by atoms with E-state index < -0.39 is 0 Å². The number of benzene rings is 2. The minimum Gasteiger partial charge on any atom is -0.298 e. The largest absolute Gasteiger partial charge is 0.298 e. The van der Waals surface area contributed by atoms with Crippen LogP contribution in [0.25, 0.3) is 22.2 Å². The van der Waals surface area contributed by atoms with Crippen LogP contribution in [-0.2, 0) is 0 Å². The van der Waals surface area contributed by atoms with Gasteiger partial charge in [0.2, 0.25) is 0 Å². The molecule has 2 aromatic carbocycles. The summed E-state index contributed by atoms with van der Waals surface area (Å²) in [5.74, 6) is -0.193. The van der Waals surface area contributed by atoms with Crippen molar-refractivity contribution in [3.05, 3.63) is 75.7 Å². The first-order valence-corrected chi connectivity index (χ1v) is 9.66. The highest BCUT2D eigenvalue weighted by atomic mass is 79.9. The normalized spacial score (nSPS) is 10.8. The number of hydrogen-bond donors (Lipinski definition) is 1. The molecule has 0 aliphatic heterocycles. The Hall–Kier alpha value is -2.57. The van der Waals surface area contributed by atoms with Crippen molar-refractivity contribution in [3.8, 4) is 11.3 Å². The van der Waals surface area contributed by atoms with Crippen molar-refractivity contribution in [1.82, 2.24) is 9.97 Å². The van der Waals surface area contributed by atoms with Gasteiger partial charge in [-0.3, -0.25) is 10.1 Å². The van der Waals surface area contributed by atoms with Gasteiger partial charge in [-0.1, -0.05) is 46.3 Å². The average molecular weight is 424 g/mol. The Labute approximate surface area is 163 Å². The fourth-order valence-electron chi connectivity index (χ4n) is 2.85. The van der Waals surface area contributed by atoms with Crippen LogP contribution in [-0.4, -0.2) is 15.9 Å². The van der Waals surface area contributed by atoms with E-state index in [4.69, 9.17) is 4.98 Å². The van der Waals surface area contributed by atoms with E-state index in [1.54, 1.807) is 6.20 Å². The molecule has 2 aromatic heterocycles. The van der Waals surface area contributed by atoms with Gasteiger partial charge in [0.25, 0.3) is 5.91 Å². The number of carbonyl (C=O) groups excluding carboxylic acids is 1. The zero-order valence-electron chi connectivity index (χ0n) is 13.9. The second kappa shape index (κ2) is 6.97. The molecular formula is C20H14BrN3OS.